The fourth-order valence-corrected chi connectivity index (χ4v) is 3.56. The van der Waals surface area contributed by atoms with Crippen LogP contribution in [0.1, 0.15) is 49.7 Å². The summed E-state index contributed by atoms with van der Waals surface area (Å²) in [5, 5.41) is 15.5. The summed E-state index contributed by atoms with van der Waals surface area (Å²) in [7, 11) is 1.40. The number of nitrogens with zero attached hydrogens (tertiary/aromatic N) is 4. The molecule has 1 aromatic carbocycles. The number of carboxylic acid groups (broad SMARTS) is 1. The van der Waals surface area contributed by atoms with Crippen molar-refractivity contribution in [1.82, 2.24) is 30.2 Å². The lowest BCUT2D eigenvalue weighted by molar-refractivity contribution is -0.142. The Labute approximate surface area is 212 Å². The molecular formula is C24H30N8O5. The Hall–Kier alpha value is -4.55. The van der Waals surface area contributed by atoms with Crippen molar-refractivity contribution < 1.29 is 19.5 Å². The van der Waals surface area contributed by atoms with Crippen LogP contribution in [0.3, 0.4) is 0 Å². The second-order valence-electron chi connectivity index (χ2n) is 9.52. The topological polar surface area (TPSA) is 196 Å². The number of carboxylic acids is 1. The van der Waals surface area contributed by atoms with E-state index in [-0.39, 0.29) is 42.4 Å². The van der Waals surface area contributed by atoms with Crippen LogP contribution in [0, 0.1) is 0 Å². The van der Waals surface area contributed by atoms with Crippen molar-refractivity contribution in [1.29, 1.82) is 0 Å². The van der Waals surface area contributed by atoms with Crippen LogP contribution in [0.4, 0.5) is 11.6 Å². The van der Waals surface area contributed by atoms with E-state index < -0.39 is 29.0 Å². The summed E-state index contributed by atoms with van der Waals surface area (Å²) >= 11 is 0. The van der Waals surface area contributed by atoms with Gasteiger partial charge in [0.05, 0.1) is 18.4 Å². The van der Waals surface area contributed by atoms with Gasteiger partial charge in [0, 0.05) is 30.3 Å². The highest BCUT2D eigenvalue weighted by atomic mass is 16.4. The number of carbonyl (C=O) groups excluding carboxylic acids is 2. The first kappa shape index (κ1) is 27.0. The fourth-order valence-electron chi connectivity index (χ4n) is 3.56. The highest BCUT2D eigenvalue weighted by molar-refractivity contribution is 5.96. The van der Waals surface area contributed by atoms with Crippen LogP contribution in [-0.2, 0) is 16.1 Å². The molecule has 0 fully saturated rings. The predicted octanol–water partition coefficient (Wildman–Crippen LogP) is 1.13. The van der Waals surface area contributed by atoms with Gasteiger partial charge in [0.15, 0.2) is 11.2 Å². The van der Waals surface area contributed by atoms with Gasteiger partial charge in [0.1, 0.15) is 6.04 Å². The van der Waals surface area contributed by atoms with Gasteiger partial charge < -0.3 is 26.4 Å². The molecule has 13 nitrogen and oxygen atoms in total. The van der Waals surface area contributed by atoms with Crippen LogP contribution in [0.25, 0.3) is 11.2 Å². The lowest BCUT2D eigenvalue weighted by Gasteiger charge is -2.26. The molecule has 2 aromatic heterocycles. The summed E-state index contributed by atoms with van der Waals surface area (Å²) in [6.45, 7) is 5.74. The number of nitrogen functional groups attached to an aromatic ring is 1. The number of hydrogen-bond acceptors (Lipinski definition) is 9. The molecule has 2 amide bonds. The monoisotopic (exact) mass is 510 g/mol. The smallest absolute Gasteiger partial charge is 0.326 e. The molecule has 0 bridgehead atoms. The van der Waals surface area contributed by atoms with Gasteiger partial charge in [-0.3, -0.25) is 19.4 Å². The minimum atomic E-state index is -1.19. The number of carbonyl (C=O) groups is 3. The number of anilines is 2. The Balaban J connectivity index is 1.62. The van der Waals surface area contributed by atoms with Crippen molar-refractivity contribution in [2.45, 2.75) is 51.7 Å². The molecule has 196 valence electrons. The maximum absolute atomic E-state index is 12.9. The van der Waals surface area contributed by atoms with E-state index in [1.807, 2.05) is 20.8 Å². The summed E-state index contributed by atoms with van der Waals surface area (Å²) in [5.74, 6) is -2.00. The zero-order valence-corrected chi connectivity index (χ0v) is 21.0. The molecule has 0 aliphatic rings. The number of hydrogen-bond donors (Lipinski definition) is 5. The van der Waals surface area contributed by atoms with Gasteiger partial charge in [-0.25, -0.2) is 14.8 Å². The van der Waals surface area contributed by atoms with Crippen LogP contribution in [0.15, 0.2) is 35.3 Å². The molecule has 37 heavy (non-hydrogen) atoms. The Bertz CT molecular complexity index is 1360. The first-order chi connectivity index (χ1) is 17.3. The zero-order valence-electron chi connectivity index (χ0n) is 21.0. The van der Waals surface area contributed by atoms with Crippen molar-refractivity contribution >= 4 is 40.6 Å². The third kappa shape index (κ3) is 7.22. The van der Waals surface area contributed by atoms with Gasteiger partial charge >= 0.3 is 5.97 Å². The number of fused-ring (bicyclic) bond motifs is 1. The Kier molecular flexibility index (Phi) is 8.05. The largest absolute Gasteiger partial charge is 0.480 e. The standard InChI is InChI=1S/C24H30N8O5/c1-24(2,3)31-17(33)10-9-16(22(36)37)32(4)21(35)13-5-7-14(8-6-13)26-11-15-12-27-19-18(28-15)20(34)30-23(25)29-19/h5-8,12,16,26H,9-11H2,1-4H3,(H,31,33)(H,36,37)(H3,25,27,29,30,34)/t16-/m0/s1. The number of aromatic amines is 1. The van der Waals surface area contributed by atoms with E-state index in [1.54, 1.807) is 24.3 Å². The van der Waals surface area contributed by atoms with Crippen molar-refractivity contribution in [2.75, 3.05) is 18.1 Å². The molecule has 3 aromatic rings. The average molecular weight is 511 g/mol. The molecular weight excluding hydrogens is 480 g/mol. The Morgan fingerprint density at radius 1 is 1.16 bits per heavy atom. The van der Waals surface area contributed by atoms with Gasteiger partial charge in [0.2, 0.25) is 11.9 Å². The Morgan fingerprint density at radius 2 is 1.84 bits per heavy atom. The van der Waals surface area contributed by atoms with Crippen LogP contribution < -0.4 is 21.9 Å². The van der Waals surface area contributed by atoms with Gasteiger partial charge in [-0.15, -0.1) is 0 Å². The number of nitrogens with one attached hydrogen (secondary N) is 3. The number of aliphatic carboxylic acids is 1. The molecule has 0 radical (unpaired) electrons. The van der Waals surface area contributed by atoms with E-state index in [0.29, 0.717) is 16.9 Å². The molecule has 13 heteroatoms. The minimum absolute atomic E-state index is 0.0170. The van der Waals surface area contributed by atoms with E-state index in [1.165, 1.54) is 13.2 Å². The van der Waals surface area contributed by atoms with E-state index in [9.17, 15) is 24.3 Å². The fraction of sp³-hybridized carbons (Fsp3) is 0.375. The van der Waals surface area contributed by atoms with Crippen LogP contribution in [-0.4, -0.2) is 66.4 Å². The quantitative estimate of drug-likeness (QED) is 0.278. The SMILES string of the molecule is CN(C(=O)c1ccc(NCc2cnc3nc(N)[nH]c(=O)c3n2)cc1)[C@@H](CCC(=O)NC(C)(C)C)C(=O)O. The summed E-state index contributed by atoms with van der Waals surface area (Å²) in [5.41, 5.74) is 6.25. The van der Waals surface area contributed by atoms with E-state index >= 15 is 0 Å². The van der Waals surface area contributed by atoms with E-state index in [4.69, 9.17) is 5.73 Å². The molecule has 2 heterocycles. The minimum Gasteiger partial charge on any atom is -0.480 e. The normalized spacial score (nSPS) is 12.1. The lowest BCUT2D eigenvalue weighted by atomic mass is 10.1. The number of aromatic nitrogens is 4. The third-order valence-corrected chi connectivity index (χ3v) is 5.32. The van der Waals surface area contributed by atoms with Crippen molar-refractivity contribution in [3.63, 3.8) is 0 Å². The first-order valence-electron chi connectivity index (χ1n) is 11.5. The summed E-state index contributed by atoms with van der Waals surface area (Å²) in [4.78, 5) is 64.6. The Morgan fingerprint density at radius 3 is 2.46 bits per heavy atom. The average Bonchev–Trinajstić information content (AvgIpc) is 2.81. The highest BCUT2D eigenvalue weighted by Gasteiger charge is 2.28. The molecule has 0 saturated heterocycles. The molecule has 0 aliphatic carbocycles. The van der Waals surface area contributed by atoms with Crippen LogP contribution >= 0.6 is 0 Å². The molecule has 0 spiro atoms. The number of nitrogens with two attached hydrogens (primary N) is 1. The second-order valence-corrected chi connectivity index (χ2v) is 9.52. The lowest BCUT2D eigenvalue weighted by Crippen LogP contribution is -2.44. The van der Waals surface area contributed by atoms with Gasteiger partial charge in [-0.1, -0.05) is 0 Å². The van der Waals surface area contributed by atoms with Crippen LogP contribution in [0.2, 0.25) is 0 Å². The third-order valence-electron chi connectivity index (χ3n) is 5.32. The molecule has 0 unspecified atom stereocenters. The number of H-pyrrole nitrogens is 1. The van der Waals surface area contributed by atoms with Gasteiger partial charge in [0.25, 0.3) is 11.5 Å². The highest BCUT2D eigenvalue weighted by Crippen LogP contribution is 2.16. The van der Waals surface area contributed by atoms with E-state index in [2.05, 4.69) is 30.6 Å². The molecule has 6 N–H and O–H groups in total. The maximum atomic E-state index is 12.9. The number of rotatable bonds is 9. The number of benzene rings is 1. The number of likely N-dealkylation sites (N-methyl/N-ethyl adjacent to an activating group) is 1. The summed E-state index contributed by atoms with van der Waals surface area (Å²) in [6.07, 6.45) is 1.43. The first-order valence-corrected chi connectivity index (χ1v) is 11.5. The predicted molar refractivity (Wildman–Crippen MR) is 137 cm³/mol. The zero-order chi connectivity index (χ0) is 27.3. The molecule has 1 atom stereocenters. The van der Waals surface area contributed by atoms with Gasteiger partial charge in [-0.2, -0.15) is 4.98 Å². The van der Waals surface area contributed by atoms with Crippen LogP contribution in [0.5, 0.6) is 0 Å². The van der Waals surface area contributed by atoms with Crippen molar-refractivity contribution in [2.24, 2.45) is 0 Å². The van der Waals surface area contributed by atoms with Crippen molar-refractivity contribution in [3.05, 3.63) is 52.1 Å². The maximum Gasteiger partial charge on any atom is 0.326 e. The summed E-state index contributed by atoms with van der Waals surface area (Å²) in [6, 6.07) is 5.30. The number of amides is 2. The van der Waals surface area contributed by atoms with E-state index in [0.717, 1.165) is 4.90 Å². The van der Waals surface area contributed by atoms with Gasteiger partial charge in [-0.05, 0) is 51.5 Å². The summed E-state index contributed by atoms with van der Waals surface area (Å²) < 4.78 is 0. The second kappa shape index (κ2) is 11.0. The molecule has 0 saturated carbocycles. The molecule has 3 rings (SSSR count). The van der Waals surface area contributed by atoms with Crippen molar-refractivity contribution in [3.8, 4) is 0 Å². The molecule has 0 aliphatic heterocycles.